The van der Waals surface area contributed by atoms with Gasteiger partial charge in [-0.2, -0.15) is 23.4 Å². The van der Waals surface area contributed by atoms with Crippen LogP contribution in [0.2, 0.25) is 5.02 Å². The highest BCUT2D eigenvalue weighted by molar-refractivity contribution is 6.35. The van der Waals surface area contributed by atoms with Gasteiger partial charge >= 0.3 is 6.18 Å². The number of amides is 1. The molecule has 3 atom stereocenters. The van der Waals surface area contributed by atoms with Crippen molar-refractivity contribution in [3.8, 4) is 11.1 Å². The summed E-state index contributed by atoms with van der Waals surface area (Å²) >= 11 is 6.13. The maximum absolute atomic E-state index is 15.0. The Hall–Kier alpha value is -3.25. The molecule has 1 aliphatic rings. The summed E-state index contributed by atoms with van der Waals surface area (Å²) in [5, 5.41) is 21.8. The minimum Gasteiger partial charge on any atom is -0.379 e. The number of nitrogens with one attached hydrogen (secondary N) is 2. The van der Waals surface area contributed by atoms with Crippen LogP contribution in [0.15, 0.2) is 30.6 Å². The van der Waals surface area contributed by atoms with Crippen LogP contribution in [0.25, 0.3) is 27.5 Å². The Morgan fingerprint density at radius 1 is 1.36 bits per heavy atom. The third-order valence-electron chi connectivity index (χ3n) is 5.46. The summed E-state index contributed by atoms with van der Waals surface area (Å²) in [5.74, 6) is -2.45. The molecule has 0 radical (unpaired) electrons. The number of pyridine rings is 1. The fraction of sp³-hybridized carbons (Fsp3) is 0.250. The fourth-order valence-corrected chi connectivity index (χ4v) is 4.02. The van der Waals surface area contributed by atoms with E-state index in [1.54, 1.807) is 0 Å². The van der Waals surface area contributed by atoms with E-state index in [9.17, 15) is 31.9 Å². The molecule has 3 unspecified atom stereocenters. The predicted octanol–water partition coefficient (Wildman–Crippen LogP) is 4.56. The molecule has 172 valence electrons. The highest BCUT2D eigenvalue weighted by Gasteiger charge is 2.44. The maximum atomic E-state index is 15.0. The Morgan fingerprint density at radius 3 is 2.76 bits per heavy atom. The van der Waals surface area contributed by atoms with Crippen LogP contribution in [0.3, 0.4) is 0 Å². The number of aromatic nitrogens is 4. The number of carbonyl (C=O) groups is 1. The highest BCUT2D eigenvalue weighted by Crippen LogP contribution is 2.44. The summed E-state index contributed by atoms with van der Waals surface area (Å²) in [6, 6.07) is 4.53. The highest BCUT2D eigenvalue weighted by atomic mass is 35.5. The van der Waals surface area contributed by atoms with E-state index >= 15 is 0 Å². The number of halogens is 6. The zero-order valence-electron chi connectivity index (χ0n) is 16.3. The van der Waals surface area contributed by atoms with Crippen LogP contribution in [0.5, 0.6) is 0 Å². The van der Waals surface area contributed by atoms with Gasteiger partial charge in [-0.05, 0) is 24.1 Å². The van der Waals surface area contributed by atoms with Gasteiger partial charge in [0.05, 0.1) is 33.7 Å². The second-order valence-corrected chi connectivity index (χ2v) is 8.06. The van der Waals surface area contributed by atoms with Crippen LogP contribution in [-0.2, 0) is 4.79 Å². The van der Waals surface area contributed by atoms with Gasteiger partial charge in [0, 0.05) is 23.2 Å². The Kier molecular flexibility index (Phi) is 4.83. The number of aliphatic hydroxyl groups is 1. The zero-order chi connectivity index (χ0) is 23.7. The Balaban J connectivity index is 1.59. The van der Waals surface area contributed by atoms with Crippen LogP contribution < -0.4 is 5.32 Å². The van der Waals surface area contributed by atoms with Crippen molar-refractivity contribution in [1.82, 2.24) is 19.8 Å². The number of H-pyrrole nitrogens is 1. The van der Waals surface area contributed by atoms with Gasteiger partial charge < -0.3 is 10.4 Å². The van der Waals surface area contributed by atoms with Gasteiger partial charge in [-0.25, -0.2) is 13.3 Å². The standard InChI is InChI=1S/C20H13ClF5N5O2/c21-15-13(10-6-27-29-17(10)14(16(15)23)18(32)20(24,25)26)7-1-2-31-8(3-7)4-12(30-31)28-19(33)9-5-11(9)22/h1-4,6,9,11,18,32H,5H2,(H,27,29)(H,28,30,33). The summed E-state index contributed by atoms with van der Waals surface area (Å²) in [4.78, 5) is 11.9. The van der Waals surface area contributed by atoms with Crippen molar-refractivity contribution >= 4 is 39.7 Å². The van der Waals surface area contributed by atoms with Crippen LogP contribution in [0.4, 0.5) is 27.8 Å². The minimum absolute atomic E-state index is 0.0589. The average Bonchev–Trinajstić information content (AvgIpc) is 3.11. The van der Waals surface area contributed by atoms with Gasteiger partial charge in [0.25, 0.3) is 0 Å². The number of aliphatic hydroxyl groups excluding tert-OH is 1. The first kappa shape index (κ1) is 21.6. The molecule has 3 N–H and O–H groups in total. The molecule has 3 heterocycles. The Morgan fingerprint density at radius 2 is 2.09 bits per heavy atom. The molecule has 33 heavy (non-hydrogen) atoms. The second-order valence-electron chi connectivity index (χ2n) is 7.68. The Bertz CT molecular complexity index is 1420. The van der Waals surface area contributed by atoms with E-state index in [1.807, 2.05) is 0 Å². The van der Waals surface area contributed by atoms with Gasteiger partial charge in [0.2, 0.25) is 5.91 Å². The van der Waals surface area contributed by atoms with Gasteiger partial charge in [0.15, 0.2) is 17.7 Å². The molecule has 3 aromatic heterocycles. The van der Waals surface area contributed by atoms with Gasteiger partial charge in [-0.3, -0.25) is 9.89 Å². The largest absolute Gasteiger partial charge is 0.418 e. The number of benzene rings is 1. The summed E-state index contributed by atoms with van der Waals surface area (Å²) in [7, 11) is 0. The molecule has 1 saturated carbocycles. The quantitative estimate of drug-likeness (QED) is 0.369. The number of anilines is 1. The topological polar surface area (TPSA) is 95.3 Å². The van der Waals surface area contributed by atoms with Gasteiger partial charge in [-0.15, -0.1) is 0 Å². The van der Waals surface area contributed by atoms with Crippen molar-refractivity contribution < 1.29 is 31.9 Å². The van der Waals surface area contributed by atoms with Crippen molar-refractivity contribution in [3.63, 3.8) is 0 Å². The minimum atomic E-state index is -5.12. The summed E-state index contributed by atoms with van der Waals surface area (Å²) < 4.78 is 68.7. The number of fused-ring (bicyclic) bond motifs is 2. The molecule has 7 nitrogen and oxygen atoms in total. The predicted molar refractivity (Wildman–Crippen MR) is 108 cm³/mol. The maximum Gasteiger partial charge on any atom is 0.418 e. The summed E-state index contributed by atoms with van der Waals surface area (Å²) in [5.41, 5.74) is -0.560. The first-order valence-electron chi connectivity index (χ1n) is 9.59. The molecule has 4 aromatic rings. The lowest BCUT2D eigenvalue weighted by atomic mass is 9.96. The van der Waals surface area contributed by atoms with Crippen LogP contribution >= 0.6 is 11.6 Å². The number of rotatable bonds is 4. The number of carbonyl (C=O) groups excluding carboxylic acids is 1. The average molecular weight is 486 g/mol. The third-order valence-corrected chi connectivity index (χ3v) is 5.82. The van der Waals surface area contributed by atoms with Crippen molar-refractivity contribution in [2.45, 2.75) is 24.9 Å². The van der Waals surface area contributed by atoms with Gasteiger partial charge in [-0.1, -0.05) is 11.6 Å². The van der Waals surface area contributed by atoms with Crippen molar-refractivity contribution in [2.75, 3.05) is 5.32 Å². The molecule has 1 aromatic carbocycles. The molecular weight excluding hydrogens is 473 g/mol. The van der Waals surface area contributed by atoms with Crippen LogP contribution in [0.1, 0.15) is 18.1 Å². The normalized spacial score (nSPS) is 19.2. The summed E-state index contributed by atoms with van der Waals surface area (Å²) in [6.07, 6.45) is -6.57. The number of nitrogens with zero attached hydrogens (tertiary/aromatic N) is 3. The van der Waals surface area contributed by atoms with Gasteiger partial charge in [0.1, 0.15) is 6.17 Å². The third kappa shape index (κ3) is 3.59. The SMILES string of the molecule is O=C(Nc1cc2cc(-c3c(Cl)c(F)c(C(O)C(F)(F)F)c4[nH]ncc34)ccn2n1)C1CC1F. The fourth-order valence-electron chi connectivity index (χ4n) is 3.70. The molecule has 0 spiro atoms. The number of hydrogen-bond donors (Lipinski definition) is 3. The Labute approximate surface area is 186 Å². The van der Waals surface area contributed by atoms with Crippen LogP contribution in [-0.4, -0.2) is 43.2 Å². The van der Waals surface area contributed by atoms with E-state index in [1.165, 1.54) is 35.1 Å². The molecule has 13 heteroatoms. The second kappa shape index (κ2) is 7.39. The summed E-state index contributed by atoms with van der Waals surface area (Å²) in [6.45, 7) is 0. The number of hydrogen-bond acceptors (Lipinski definition) is 4. The van der Waals surface area contributed by atoms with Crippen molar-refractivity contribution in [2.24, 2.45) is 5.92 Å². The first-order chi connectivity index (χ1) is 15.6. The molecule has 1 fully saturated rings. The molecule has 0 bridgehead atoms. The molecule has 5 rings (SSSR count). The van der Waals surface area contributed by atoms with Crippen molar-refractivity contribution in [3.05, 3.63) is 47.0 Å². The van der Waals surface area contributed by atoms with E-state index in [-0.39, 0.29) is 28.7 Å². The zero-order valence-corrected chi connectivity index (χ0v) is 17.0. The van der Waals surface area contributed by atoms with E-state index in [0.29, 0.717) is 11.1 Å². The van der Waals surface area contributed by atoms with E-state index < -0.39 is 46.7 Å². The molecule has 0 aliphatic heterocycles. The molecule has 1 amide bonds. The lowest BCUT2D eigenvalue weighted by Gasteiger charge is -2.18. The van der Waals surface area contributed by atoms with Crippen LogP contribution in [0, 0.1) is 11.7 Å². The monoisotopic (exact) mass is 485 g/mol. The van der Waals surface area contributed by atoms with E-state index in [2.05, 4.69) is 20.6 Å². The first-order valence-corrected chi connectivity index (χ1v) is 9.97. The van der Waals surface area contributed by atoms with Crippen molar-refractivity contribution in [1.29, 1.82) is 0 Å². The lowest BCUT2D eigenvalue weighted by molar-refractivity contribution is -0.207. The number of alkyl halides is 4. The lowest BCUT2D eigenvalue weighted by Crippen LogP contribution is -2.22. The number of aromatic amines is 1. The molecule has 1 aliphatic carbocycles. The molecular formula is C20H13ClF5N5O2. The van der Waals surface area contributed by atoms with E-state index in [0.717, 1.165) is 0 Å². The van der Waals surface area contributed by atoms with E-state index in [4.69, 9.17) is 11.6 Å². The smallest absolute Gasteiger partial charge is 0.379 e. The molecule has 0 saturated heterocycles.